The van der Waals surface area contributed by atoms with Gasteiger partial charge >= 0.3 is 5.97 Å². The van der Waals surface area contributed by atoms with Crippen LogP contribution in [0.2, 0.25) is 5.02 Å². The smallest absolute Gasteiger partial charge is 0.337 e. The second kappa shape index (κ2) is 5.87. The van der Waals surface area contributed by atoms with Crippen LogP contribution in [0, 0.1) is 12.8 Å². The number of nitrogens with one attached hydrogen (secondary N) is 1. The van der Waals surface area contributed by atoms with Crippen molar-refractivity contribution in [1.29, 1.82) is 0 Å². The standard InChI is InChI=1S/C13H16ClNO3/c1-7(2)12(16)15-6-9-5-10(13(17)18)11(14)4-8(9)3/h4-5,7H,6H2,1-3H3,(H,15,16)(H,17,18). The summed E-state index contributed by atoms with van der Waals surface area (Å²) in [4.78, 5) is 22.4. The highest BCUT2D eigenvalue weighted by atomic mass is 35.5. The molecule has 18 heavy (non-hydrogen) atoms. The van der Waals surface area contributed by atoms with Gasteiger partial charge in [0, 0.05) is 12.5 Å². The number of aryl methyl sites for hydroxylation is 1. The summed E-state index contributed by atoms with van der Waals surface area (Å²) in [5, 5.41) is 11.9. The third-order valence-electron chi connectivity index (χ3n) is 2.63. The maximum Gasteiger partial charge on any atom is 0.337 e. The lowest BCUT2D eigenvalue weighted by Crippen LogP contribution is -2.27. The van der Waals surface area contributed by atoms with E-state index in [4.69, 9.17) is 16.7 Å². The number of carbonyl (C=O) groups is 2. The van der Waals surface area contributed by atoms with Gasteiger partial charge < -0.3 is 10.4 Å². The van der Waals surface area contributed by atoms with Crippen LogP contribution in [0.25, 0.3) is 0 Å². The van der Waals surface area contributed by atoms with Gasteiger partial charge in [0.25, 0.3) is 0 Å². The largest absolute Gasteiger partial charge is 0.478 e. The first kappa shape index (κ1) is 14.5. The normalized spacial score (nSPS) is 10.5. The molecule has 5 heteroatoms. The second-order valence-electron chi connectivity index (χ2n) is 4.44. The molecule has 0 aliphatic heterocycles. The SMILES string of the molecule is Cc1cc(Cl)c(C(=O)O)cc1CNC(=O)C(C)C. The lowest BCUT2D eigenvalue weighted by Gasteiger charge is -2.11. The van der Waals surface area contributed by atoms with E-state index in [1.165, 1.54) is 6.07 Å². The van der Waals surface area contributed by atoms with E-state index in [1.807, 2.05) is 6.92 Å². The minimum Gasteiger partial charge on any atom is -0.478 e. The molecule has 98 valence electrons. The number of amides is 1. The molecule has 1 amide bonds. The first-order valence-electron chi connectivity index (χ1n) is 5.63. The molecule has 4 nitrogen and oxygen atoms in total. The Labute approximate surface area is 111 Å². The number of benzene rings is 1. The number of carboxylic acid groups (broad SMARTS) is 1. The van der Waals surface area contributed by atoms with E-state index in [0.29, 0.717) is 6.54 Å². The fourth-order valence-corrected chi connectivity index (χ4v) is 1.76. The molecule has 0 unspecified atom stereocenters. The molecule has 0 heterocycles. The third kappa shape index (κ3) is 3.47. The monoisotopic (exact) mass is 269 g/mol. The molecule has 0 saturated heterocycles. The molecule has 0 saturated carbocycles. The molecular formula is C13H16ClNO3. The number of hydrogen-bond acceptors (Lipinski definition) is 2. The Kier molecular flexibility index (Phi) is 4.73. The third-order valence-corrected chi connectivity index (χ3v) is 2.95. The zero-order valence-electron chi connectivity index (χ0n) is 10.6. The second-order valence-corrected chi connectivity index (χ2v) is 4.84. The molecule has 0 aliphatic rings. The topological polar surface area (TPSA) is 66.4 Å². The van der Waals surface area contributed by atoms with E-state index in [9.17, 15) is 9.59 Å². The van der Waals surface area contributed by atoms with Crippen LogP contribution >= 0.6 is 11.6 Å². The van der Waals surface area contributed by atoms with Gasteiger partial charge in [-0.25, -0.2) is 4.79 Å². The Hall–Kier alpha value is -1.55. The minimum atomic E-state index is -1.07. The van der Waals surface area contributed by atoms with Crippen LogP contribution in [-0.2, 0) is 11.3 Å². The zero-order chi connectivity index (χ0) is 13.9. The van der Waals surface area contributed by atoms with Gasteiger partial charge in [0.2, 0.25) is 5.91 Å². The van der Waals surface area contributed by atoms with Gasteiger partial charge in [-0.05, 0) is 30.2 Å². The highest BCUT2D eigenvalue weighted by molar-refractivity contribution is 6.33. The van der Waals surface area contributed by atoms with Crippen molar-refractivity contribution < 1.29 is 14.7 Å². The number of carboxylic acids is 1. The van der Waals surface area contributed by atoms with Crippen molar-refractivity contribution in [3.63, 3.8) is 0 Å². The fraction of sp³-hybridized carbons (Fsp3) is 0.385. The van der Waals surface area contributed by atoms with E-state index in [2.05, 4.69) is 5.32 Å². The number of carbonyl (C=O) groups excluding carboxylic acids is 1. The number of aromatic carboxylic acids is 1. The first-order chi connectivity index (χ1) is 8.32. The van der Waals surface area contributed by atoms with Crippen molar-refractivity contribution in [2.75, 3.05) is 0 Å². The fourth-order valence-electron chi connectivity index (χ4n) is 1.46. The number of halogens is 1. The zero-order valence-corrected chi connectivity index (χ0v) is 11.3. The van der Waals surface area contributed by atoms with Gasteiger partial charge in [0.1, 0.15) is 0 Å². The van der Waals surface area contributed by atoms with Crippen molar-refractivity contribution in [2.45, 2.75) is 27.3 Å². The molecule has 1 aromatic rings. The summed E-state index contributed by atoms with van der Waals surface area (Å²) in [6.07, 6.45) is 0. The van der Waals surface area contributed by atoms with Crippen molar-refractivity contribution in [3.8, 4) is 0 Å². The lowest BCUT2D eigenvalue weighted by atomic mass is 10.0. The van der Waals surface area contributed by atoms with Crippen LogP contribution in [0.4, 0.5) is 0 Å². The van der Waals surface area contributed by atoms with Crippen molar-refractivity contribution >= 4 is 23.5 Å². The summed E-state index contributed by atoms with van der Waals surface area (Å²) >= 11 is 5.84. The van der Waals surface area contributed by atoms with Crippen LogP contribution in [0.3, 0.4) is 0 Å². The molecule has 1 rings (SSSR count). The van der Waals surface area contributed by atoms with E-state index in [0.717, 1.165) is 11.1 Å². The van der Waals surface area contributed by atoms with Gasteiger partial charge in [-0.2, -0.15) is 0 Å². The molecule has 0 atom stereocenters. The molecule has 0 aromatic heterocycles. The van der Waals surface area contributed by atoms with Gasteiger partial charge in [0.05, 0.1) is 10.6 Å². The predicted octanol–water partition coefficient (Wildman–Crippen LogP) is 2.62. The summed E-state index contributed by atoms with van der Waals surface area (Å²) in [6, 6.07) is 3.10. The molecule has 0 spiro atoms. The Morgan fingerprint density at radius 2 is 2.00 bits per heavy atom. The Balaban J connectivity index is 2.92. The van der Waals surface area contributed by atoms with E-state index < -0.39 is 5.97 Å². The van der Waals surface area contributed by atoms with Gasteiger partial charge in [-0.1, -0.05) is 25.4 Å². The van der Waals surface area contributed by atoms with Crippen LogP contribution < -0.4 is 5.32 Å². The lowest BCUT2D eigenvalue weighted by molar-refractivity contribution is -0.124. The first-order valence-corrected chi connectivity index (χ1v) is 6.00. The summed E-state index contributed by atoms with van der Waals surface area (Å²) in [5.41, 5.74) is 1.66. The van der Waals surface area contributed by atoms with Gasteiger partial charge in [0.15, 0.2) is 0 Å². The van der Waals surface area contributed by atoms with Crippen molar-refractivity contribution in [2.24, 2.45) is 5.92 Å². The van der Waals surface area contributed by atoms with E-state index in [-0.39, 0.29) is 22.4 Å². The van der Waals surface area contributed by atoms with Gasteiger partial charge in [-0.15, -0.1) is 0 Å². The van der Waals surface area contributed by atoms with Crippen LogP contribution in [-0.4, -0.2) is 17.0 Å². The molecule has 0 fully saturated rings. The number of hydrogen-bond donors (Lipinski definition) is 2. The highest BCUT2D eigenvalue weighted by Gasteiger charge is 2.13. The molecular weight excluding hydrogens is 254 g/mol. The molecule has 2 N–H and O–H groups in total. The van der Waals surface area contributed by atoms with E-state index in [1.54, 1.807) is 19.9 Å². The summed E-state index contributed by atoms with van der Waals surface area (Å²) in [5.74, 6) is -1.24. The molecule has 0 radical (unpaired) electrons. The highest BCUT2D eigenvalue weighted by Crippen LogP contribution is 2.21. The maximum absolute atomic E-state index is 11.5. The molecule has 1 aromatic carbocycles. The molecule has 0 bridgehead atoms. The maximum atomic E-state index is 11.5. The summed E-state index contributed by atoms with van der Waals surface area (Å²) < 4.78 is 0. The Morgan fingerprint density at radius 1 is 1.39 bits per heavy atom. The minimum absolute atomic E-state index is 0.0519. The van der Waals surface area contributed by atoms with Crippen molar-refractivity contribution in [3.05, 3.63) is 33.8 Å². The van der Waals surface area contributed by atoms with Crippen LogP contribution in [0.1, 0.15) is 35.3 Å². The van der Waals surface area contributed by atoms with Crippen LogP contribution in [0.15, 0.2) is 12.1 Å². The average molecular weight is 270 g/mol. The Morgan fingerprint density at radius 3 is 2.50 bits per heavy atom. The average Bonchev–Trinajstić information content (AvgIpc) is 2.26. The Bertz CT molecular complexity index is 483. The van der Waals surface area contributed by atoms with E-state index >= 15 is 0 Å². The summed E-state index contributed by atoms with van der Waals surface area (Å²) in [7, 11) is 0. The predicted molar refractivity (Wildman–Crippen MR) is 69.8 cm³/mol. The quantitative estimate of drug-likeness (QED) is 0.883. The molecule has 0 aliphatic carbocycles. The van der Waals surface area contributed by atoms with Crippen molar-refractivity contribution in [1.82, 2.24) is 5.32 Å². The van der Waals surface area contributed by atoms with Crippen LogP contribution in [0.5, 0.6) is 0 Å². The number of rotatable bonds is 4. The van der Waals surface area contributed by atoms with Gasteiger partial charge in [-0.3, -0.25) is 4.79 Å². The summed E-state index contributed by atoms with van der Waals surface area (Å²) in [6.45, 7) is 5.73.